The van der Waals surface area contributed by atoms with Gasteiger partial charge in [-0.25, -0.2) is 0 Å². The second-order valence-corrected chi connectivity index (χ2v) is 4.50. The molecule has 0 saturated heterocycles. The molecule has 0 amide bonds. The first-order chi connectivity index (χ1) is 8.10. The first-order valence-corrected chi connectivity index (χ1v) is 6.23. The molecule has 0 unspecified atom stereocenters. The van der Waals surface area contributed by atoms with Crippen LogP contribution in [0.3, 0.4) is 0 Å². The van der Waals surface area contributed by atoms with Gasteiger partial charge in [-0.3, -0.25) is 0 Å². The van der Waals surface area contributed by atoms with Crippen molar-refractivity contribution in [2.75, 3.05) is 19.0 Å². The van der Waals surface area contributed by atoms with E-state index in [2.05, 4.69) is 32.2 Å². The highest BCUT2D eigenvalue weighted by molar-refractivity contribution is 5.56. The highest BCUT2D eigenvalue weighted by Gasteiger charge is 2.24. The van der Waals surface area contributed by atoms with Gasteiger partial charge in [-0.2, -0.15) is 0 Å². The van der Waals surface area contributed by atoms with Gasteiger partial charge in [0.25, 0.3) is 0 Å². The van der Waals surface area contributed by atoms with Crippen LogP contribution in [0.5, 0.6) is 5.75 Å². The van der Waals surface area contributed by atoms with Gasteiger partial charge in [0.2, 0.25) is 0 Å². The lowest BCUT2D eigenvalue weighted by Crippen LogP contribution is -2.44. The summed E-state index contributed by atoms with van der Waals surface area (Å²) in [5.74, 6) is 0.872. The Labute approximate surface area is 104 Å². The third-order valence-electron chi connectivity index (χ3n) is 3.59. The zero-order valence-electron chi connectivity index (χ0n) is 11.3. The summed E-state index contributed by atoms with van der Waals surface area (Å²) < 4.78 is 5.25. The molecule has 0 heterocycles. The fourth-order valence-electron chi connectivity index (χ4n) is 1.91. The Hall–Kier alpha value is -1.22. The summed E-state index contributed by atoms with van der Waals surface area (Å²) in [6, 6.07) is 6.07. The van der Waals surface area contributed by atoms with E-state index in [0.29, 0.717) is 6.54 Å². The molecule has 0 aliphatic heterocycles. The Balaban J connectivity index is 2.99. The minimum absolute atomic E-state index is 0.0167. The van der Waals surface area contributed by atoms with Crippen molar-refractivity contribution in [2.24, 2.45) is 5.73 Å². The molecule has 0 aliphatic carbocycles. The first kappa shape index (κ1) is 13.8. The van der Waals surface area contributed by atoms with Gasteiger partial charge in [-0.05, 0) is 31.4 Å². The smallest absolute Gasteiger partial charge is 0.120 e. The Morgan fingerprint density at radius 2 is 1.94 bits per heavy atom. The highest BCUT2D eigenvalue weighted by atomic mass is 16.5. The van der Waals surface area contributed by atoms with Crippen molar-refractivity contribution in [1.82, 2.24) is 0 Å². The molecular weight excluding hydrogens is 212 g/mol. The minimum atomic E-state index is -0.0167. The van der Waals surface area contributed by atoms with Crippen molar-refractivity contribution in [1.29, 1.82) is 0 Å². The molecule has 0 atom stereocenters. The molecule has 96 valence electrons. The molecule has 0 bridgehead atoms. The summed E-state index contributed by atoms with van der Waals surface area (Å²) in [5.41, 5.74) is 8.21. The van der Waals surface area contributed by atoms with Gasteiger partial charge < -0.3 is 15.8 Å². The van der Waals surface area contributed by atoms with Crippen LogP contribution in [-0.4, -0.2) is 19.2 Å². The van der Waals surface area contributed by atoms with Gasteiger partial charge >= 0.3 is 0 Å². The molecule has 1 aromatic rings. The number of ether oxygens (including phenoxy) is 1. The van der Waals surface area contributed by atoms with Crippen LogP contribution in [0.1, 0.15) is 32.3 Å². The molecule has 0 radical (unpaired) electrons. The number of benzene rings is 1. The van der Waals surface area contributed by atoms with E-state index in [1.54, 1.807) is 7.11 Å². The van der Waals surface area contributed by atoms with Crippen LogP contribution in [0, 0.1) is 6.92 Å². The van der Waals surface area contributed by atoms with Gasteiger partial charge in [0, 0.05) is 23.8 Å². The summed E-state index contributed by atoms with van der Waals surface area (Å²) in [6.45, 7) is 7.06. The summed E-state index contributed by atoms with van der Waals surface area (Å²) in [7, 11) is 1.68. The first-order valence-electron chi connectivity index (χ1n) is 6.23. The SMILES string of the molecule is CCC(CC)(CN)Nc1cc(OC)ccc1C. The summed E-state index contributed by atoms with van der Waals surface area (Å²) in [5, 5.41) is 3.58. The monoisotopic (exact) mass is 236 g/mol. The van der Waals surface area contributed by atoms with Crippen molar-refractivity contribution in [3.8, 4) is 5.75 Å². The van der Waals surface area contributed by atoms with Crippen LogP contribution in [0.2, 0.25) is 0 Å². The zero-order valence-corrected chi connectivity index (χ0v) is 11.3. The zero-order chi connectivity index (χ0) is 12.9. The van der Waals surface area contributed by atoms with Crippen LogP contribution in [-0.2, 0) is 0 Å². The van der Waals surface area contributed by atoms with Crippen LogP contribution < -0.4 is 15.8 Å². The predicted molar refractivity (Wildman–Crippen MR) is 73.7 cm³/mol. The number of methoxy groups -OCH3 is 1. The van der Waals surface area contributed by atoms with E-state index in [1.807, 2.05) is 12.1 Å². The normalized spacial score (nSPS) is 11.4. The maximum Gasteiger partial charge on any atom is 0.120 e. The number of hydrogen-bond donors (Lipinski definition) is 2. The Morgan fingerprint density at radius 3 is 2.41 bits per heavy atom. The predicted octanol–water partition coefficient (Wildman–Crippen LogP) is 2.93. The molecule has 17 heavy (non-hydrogen) atoms. The summed E-state index contributed by atoms with van der Waals surface area (Å²) in [6.07, 6.45) is 2.02. The maximum atomic E-state index is 5.90. The molecule has 1 aromatic carbocycles. The Morgan fingerprint density at radius 1 is 1.29 bits per heavy atom. The molecule has 3 N–H and O–H groups in total. The van der Waals surface area contributed by atoms with Gasteiger partial charge in [-0.1, -0.05) is 19.9 Å². The number of nitrogens with two attached hydrogens (primary N) is 1. The lowest BCUT2D eigenvalue weighted by Gasteiger charge is -2.33. The topological polar surface area (TPSA) is 47.3 Å². The van der Waals surface area contributed by atoms with Crippen molar-refractivity contribution >= 4 is 5.69 Å². The average molecular weight is 236 g/mol. The molecule has 1 rings (SSSR count). The van der Waals surface area contributed by atoms with E-state index in [4.69, 9.17) is 10.5 Å². The van der Waals surface area contributed by atoms with Gasteiger partial charge in [-0.15, -0.1) is 0 Å². The standard InChI is InChI=1S/C14H24N2O/c1-5-14(6-2,10-15)16-13-9-12(17-4)8-7-11(13)3/h7-9,16H,5-6,10,15H2,1-4H3. The van der Waals surface area contributed by atoms with Gasteiger partial charge in [0.05, 0.1) is 7.11 Å². The second kappa shape index (κ2) is 5.92. The van der Waals surface area contributed by atoms with E-state index >= 15 is 0 Å². The minimum Gasteiger partial charge on any atom is -0.497 e. The lowest BCUT2D eigenvalue weighted by atomic mass is 9.92. The number of hydrogen-bond acceptors (Lipinski definition) is 3. The summed E-state index contributed by atoms with van der Waals surface area (Å²) >= 11 is 0. The highest BCUT2D eigenvalue weighted by Crippen LogP contribution is 2.27. The van der Waals surface area contributed by atoms with Crippen LogP contribution in [0.25, 0.3) is 0 Å². The third kappa shape index (κ3) is 3.13. The fraction of sp³-hybridized carbons (Fsp3) is 0.571. The summed E-state index contributed by atoms with van der Waals surface area (Å²) in [4.78, 5) is 0. The quantitative estimate of drug-likeness (QED) is 0.798. The van der Waals surface area contributed by atoms with E-state index in [1.165, 1.54) is 5.56 Å². The number of aryl methyl sites for hydroxylation is 1. The molecular formula is C14H24N2O. The Bertz CT molecular complexity index is 351. The van der Waals surface area contributed by atoms with E-state index in [-0.39, 0.29) is 5.54 Å². The lowest BCUT2D eigenvalue weighted by molar-refractivity contribution is 0.413. The molecule has 0 fully saturated rings. The average Bonchev–Trinajstić information content (AvgIpc) is 2.38. The van der Waals surface area contributed by atoms with E-state index in [0.717, 1.165) is 24.3 Å². The van der Waals surface area contributed by atoms with E-state index in [9.17, 15) is 0 Å². The fourth-order valence-corrected chi connectivity index (χ4v) is 1.91. The maximum absolute atomic E-state index is 5.90. The number of anilines is 1. The largest absolute Gasteiger partial charge is 0.497 e. The molecule has 3 nitrogen and oxygen atoms in total. The third-order valence-corrected chi connectivity index (χ3v) is 3.59. The van der Waals surface area contributed by atoms with Gasteiger partial charge in [0.15, 0.2) is 0 Å². The molecule has 0 saturated carbocycles. The number of nitrogens with one attached hydrogen (secondary N) is 1. The van der Waals surface area contributed by atoms with E-state index < -0.39 is 0 Å². The van der Waals surface area contributed by atoms with Crippen LogP contribution >= 0.6 is 0 Å². The van der Waals surface area contributed by atoms with Crippen molar-refractivity contribution < 1.29 is 4.74 Å². The van der Waals surface area contributed by atoms with Crippen molar-refractivity contribution in [2.45, 2.75) is 39.2 Å². The molecule has 0 aliphatic rings. The van der Waals surface area contributed by atoms with Crippen molar-refractivity contribution in [3.05, 3.63) is 23.8 Å². The van der Waals surface area contributed by atoms with Crippen molar-refractivity contribution in [3.63, 3.8) is 0 Å². The van der Waals surface area contributed by atoms with Gasteiger partial charge in [0.1, 0.15) is 5.75 Å². The molecule has 0 aromatic heterocycles. The van der Waals surface area contributed by atoms with Crippen LogP contribution in [0.15, 0.2) is 18.2 Å². The molecule has 3 heteroatoms. The number of rotatable bonds is 6. The second-order valence-electron chi connectivity index (χ2n) is 4.50. The van der Waals surface area contributed by atoms with Crippen LogP contribution in [0.4, 0.5) is 5.69 Å². The Kier molecular flexibility index (Phi) is 4.82. The molecule has 0 spiro atoms.